The first-order valence-corrected chi connectivity index (χ1v) is 8.24. The Balaban J connectivity index is 1.64. The first-order valence-electron chi connectivity index (χ1n) is 8.24. The lowest BCUT2D eigenvalue weighted by atomic mass is 9.44. The molecular formula is C17H24N2O. The van der Waals surface area contributed by atoms with Gasteiger partial charge in [-0.25, -0.2) is 0 Å². The summed E-state index contributed by atoms with van der Waals surface area (Å²) in [5.41, 5.74) is 0.305. The summed E-state index contributed by atoms with van der Waals surface area (Å²) in [5, 5.41) is 9.27. The number of hydrogen-bond donors (Lipinski definition) is 0. The molecule has 0 aromatic carbocycles. The van der Waals surface area contributed by atoms with E-state index in [4.69, 9.17) is 0 Å². The topological polar surface area (TPSA) is 44.1 Å². The second kappa shape index (κ2) is 4.00. The van der Waals surface area contributed by atoms with Crippen molar-refractivity contribution in [1.29, 1.82) is 5.26 Å². The molecule has 3 nitrogen and oxygen atoms in total. The van der Waals surface area contributed by atoms with Crippen LogP contribution >= 0.6 is 0 Å². The largest absolute Gasteiger partial charge is 0.326 e. The molecule has 0 aromatic heterocycles. The van der Waals surface area contributed by atoms with Gasteiger partial charge in [0.05, 0.1) is 11.5 Å². The monoisotopic (exact) mass is 272 g/mol. The molecule has 4 saturated carbocycles. The summed E-state index contributed by atoms with van der Waals surface area (Å²) in [4.78, 5) is 15.1. The van der Waals surface area contributed by atoms with Crippen LogP contribution in [0.2, 0.25) is 0 Å². The molecule has 1 saturated heterocycles. The predicted octanol–water partition coefficient (Wildman–Crippen LogP) is 3.11. The van der Waals surface area contributed by atoms with Crippen LogP contribution in [0.25, 0.3) is 0 Å². The zero-order chi connectivity index (χ0) is 14.0. The predicted molar refractivity (Wildman–Crippen MR) is 75.6 cm³/mol. The third-order valence-electron chi connectivity index (χ3n) is 6.47. The number of carbonyl (C=O) groups is 1. The van der Waals surface area contributed by atoms with Gasteiger partial charge >= 0.3 is 0 Å². The average Bonchev–Trinajstić information content (AvgIpc) is 2.82. The summed E-state index contributed by atoms with van der Waals surface area (Å²) in [5.74, 6) is 1.88. The normalized spacial score (nSPS) is 49.4. The molecule has 1 heterocycles. The third kappa shape index (κ3) is 1.66. The van der Waals surface area contributed by atoms with Crippen LogP contribution in [0.15, 0.2) is 0 Å². The highest BCUT2D eigenvalue weighted by atomic mass is 16.2. The Hall–Kier alpha value is -1.04. The quantitative estimate of drug-likeness (QED) is 0.736. The Morgan fingerprint density at radius 1 is 1.25 bits per heavy atom. The van der Waals surface area contributed by atoms with Crippen LogP contribution in [0.3, 0.4) is 0 Å². The van der Waals surface area contributed by atoms with Crippen molar-refractivity contribution >= 4 is 5.91 Å². The van der Waals surface area contributed by atoms with E-state index in [0.717, 1.165) is 50.5 Å². The highest BCUT2D eigenvalue weighted by Gasteiger charge is 2.60. The molecule has 4 bridgehead atoms. The smallest absolute Gasteiger partial charge is 0.229 e. The van der Waals surface area contributed by atoms with E-state index in [-0.39, 0.29) is 11.5 Å². The second-order valence-electron chi connectivity index (χ2n) is 8.34. The molecular weight excluding hydrogens is 248 g/mol. The summed E-state index contributed by atoms with van der Waals surface area (Å²) in [6, 6.07) is 2.19. The van der Waals surface area contributed by atoms with Gasteiger partial charge in [-0.1, -0.05) is 6.92 Å². The highest BCUT2D eigenvalue weighted by molar-refractivity contribution is 5.84. The van der Waals surface area contributed by atoms with Crippen LogP contribution in [-0.4, -0.2) is 23.4 Å². The molecule has 4 aliphatic carbocycles. The van der Waals surface area contributed by atoms with Gasteiger partial charge in [-0.3, -0.25) is 4.79 Å². The van der Waals surface area contributed by atoms with Crippen molar-refractivity contribution in [2.45, 2.75) is 64.3 Å². The fraction of sp³-hybridized carbons (Fsp3) is 0.882. The van der Waals surface area contributed by atoms with Gasteiger partial charge in [-0.2, -0.15) is 5.26 Å². The van der Waals surface area contributed by atoms with Crippen molar-refractivity contribution < 1.29 is 4.79 Å². The second-order valence-corrected chi connectivity index (χ2v) is 8.34. The standard InChI is InChI=1S/C17H24N2O/c1-16-6-12-5-13(7-16)9-17(8-12,11-16)15(20)19-4-2-3-14(19)10-18/h12-14H,2-9,11H2,1H3. The zero-order valence-corrected chi connectivity index (χ0v) is 12.4. The van der Waals surface area contributed by atoms with Gasteiger partial charge in [0.2, 0.25) is 5.91 Å². The number of nitriles is 1. The summed E-state index contributed by atoms with van der Waals surface area (Å²) >= 11 is 0. The molecule has 0 aromatic rings. The molecule has 3 atom stereocenters. The lowest BCUT2D eigenvalue weighted by molar-refractivity contribution is -0.166. The van der Waals surface area contributed by atoms with Crippen molar-refractivity contribution in [3.8, 4) is 6.07 Å². The Morgan fingerprint density at radius 2 is 1.95 bits per heavy atom. The van der Waals surface area contributed by atoms with Crippen molar-refractivity contribution in [3.63, 3.8) is 0 Å². The highest BCUT2D eigenvalue weighted by Crippen LogP contribution is 2.65. The van der Waals surface area contributed by atoms with Crippen LogP contribution in [0.5, 0.6) is 0 Å². The van der Waals surface area contributed by atoms with E-state index in [1.807, 2.05) is 4.90 Å². The van der Waals surface area contributed by atoms with Crippen molar-refractivity contribution in [2.24, 2.45) is 22.7 Å². The lowest BCUT2D eigenvalue weighted by Gasteiger charge is -2.61. The molecule has 0 N–H and O–H groups in total. The van der Waals surface area contributed by atoms with E-state index in [2.05, 4.69) is 13.0 Å². The minimum atomic E-state index is -0.150. The van der Waals surface area contributed by atoms with Crippen LogP contribution in [0.4, 0.5) is 0 Å². The molecule has 5 fully saturated rings. The van der Waals surface area contributed by atoms with E-state index in [0.29, 0.717) is 11.3 Å². The molecule has 20 heavy (non-hydrogen) atoms. The van der Waals surface area contributed by atoms with E-state index < -0.39 is 0 Å². The fourth-order valence-electron chi connectivity index (χ4n) is 6.42. The van der Waals surface area contributed by atoms with Gasteiger partial charge in [0.15, 0.2) is 0 Å². The Bertz CT molecular complexity index is 478. The summed E-state index contributed by atoms with van der Waals surface area (Å²) < 4.78 is 0. The van der Waals surface area contributed by atoms with Crippen LogP contribution in [0.1, 0.15) is 58.3 Å². The maximum atomic E-state index is 13.2. The van der Waals surface area contributed by atoms with Crippen molar-refractivity contribution in [1.82, 2.24) is 4.90 Å². The van der Waals surface area contributed by atoms with Gasteiger partial charge in [0.1, 0.15) is 6.04 Å². The van der Waals surface area contributed by atoms with Gasteiger partial charge < -0.3 is 4.90 Å². The van der Waals surface area contributed by atoms with E-state index >= 15 is 0 Å². The lowest BCUT2D eigenvalue weighted by Crippen LogP contribution is -2.58. The van der Waals surface area contributed by atoms with Gasteiger partial charge in [0, 0.05) is 6.54 Å². The average molecular weight is 272 g/mol. The van der Waals surface area contributed by atoms with Gasteiger partial charge in [0.25, 0.3) is 0 Å². The molecule has 0 radical (unpaired) electrons. The molecule has 3 unspecified atom stereocenters. The van der Waals surface area contributed by atoms with E-state index in [1.165, 1.54) is 19.3 Å². The van der Waals surface area contributed by atoms with Crippen LogP contribution in [0, 0.1) is 34.0 Å². The van der Waals surface area contributed by atoms with E-state index in [9.17, 15) is 10.1 Å². The molecule has 1 amide bonds. The molecule has 108 valence electrons. The minimum absolute atomic E-state index is 0.0989. The number of nitrogens with zero attached hydrogens (tertiary/aromatic N) is 2. The number of likely N-dealkylation sites (tertiary alicyclic amines) is 1. The van der Waals surface area contributed by atoms with E-state index in [1.54, 1.807) is 0 Å². The maximum Gasteiger partial charge on any atom is 0.229 e. The molecule has 5 rings (SSSR count). The van der Waals surface area contributed by atoms with Crippen LogP contribution in [-0.2, 0) is 4.79 Å². The number of hydrogen-bond acceptors (Lipinski definition) is 2. The zero-order valence-electron chi connectivity index (χ0n) is 12.4. The minimum Gasteiger partial charge on any atom is -0.326 e. The van der Waals surface area contributed by atoms with Crippen LogP contribution < -0.4 is 0 Å². The van der Waals surface area contributed by atoms with Gasteiger partial charge in [-0.15, -0.1) is 0 Å². The molecule has 5 aliphatic rings. The molecule has 1 aliphatic heterocycles. The summed E-state index contributed by atoms with van der Waals surface area (Å²) in [6.45, 7) is 3.21. The Morgan fingerprint density at radius 3 is 2.55 bits per heavy atom. The van der Waals surface area contributed by atoms with Gasteiger partial charge in [-0.05, 0) is 68.6 Å². The third-order valence-corrected chi connectivity index (χ3v) is 6.47. The number of rotatable bonds is 1. The Kier molecular flexibility index (Phi) is 2.53. The number of amides is 1. The summed E-state index contributed by atoms with van der Waals surface area (Å²) in [7, 11) is 0. The van der Waals surface area contributed by atoms with Crippen molar-refractivity contribution in [2.75, 3.05) is 6.54 Å². The summed E-state index contributed by atoms with van der Waals surface area (Å²) in [6.07, 6.45) is 9.19. The molecule has 0 spiro atoms. The fourth-order valence-corrected chi connectivity index (χ4v) is 6.42. The SMILES string of the molecule is CC12CC3CC(C1)CC(C(=O)N1CCCC1C#N)(C3)C2. The number of carbonyl (C=O) groups excluding carboxylic acids is 1. The first-order chi connectivity index (χ1) is 9.54. The maximum absolute atomic E-state index is 13.2. The Labute approximate surface area is 121 Å². The molecule has 3 heteroatoms. The van der Waals surface area contributed by atoms with Crippen molar-refractivity contribution in [3.05, 3.63) is 0 Å². The first kappa shape index (κ1) is 12.7.